The van der Waals surface area contributed by atoms with Gasteiger partial charge in [-0.2, -0.15) is 5.10 Å². The maximum atomic E-state index is 11.6. The molecule has 0 saturated carbocycles. The van der Waals surface area contributed by atoms with Crippen molar-refractivity contribution in [3.8, 4) is 0 Å². The van der Waals surface area contributed by atoms with E-state index in [9.17, 15) is 4.79 Å². The van der Waals surface area contributed by atoms with Crippen LogP contribution in [0.2, 0.25) is 0 Å². The molecule has 0 bridgehead atoms. The van der Waals surface area contributed by atoms with Gasteiger partial charge in [-0.25, -0.2) is 4.98 Å². The van der Waals surface area contributed by atoms with Gasteiger partial charge in [0.2, 0.25) is 5.91 Å². The van der Waals surface area contributed by atoms with Gasteiger partial charge in [0.05, 0.1) is 6.04 Å². The lowest BCUT2D eigenvalue weighted by Gasteiger charge is -2.13. The van der Waals surface area contributed by atoms with Crippen LogP contribution in [0.15, 0.2) is 6.33 Å². The molecule has 0 fully saturated rings. The van der Waals surface area contributed by atoms with Gasteiger partial charge in [0.25, 0.3) is 0 Å². The SMILES string of the molecule is CC(C)CC(N)C(=O)NCCCc1ncn[nH]1. The fourth-order valence-corrected chi connectivity index (χ4v) is 1.56. The van der Waals surface area contributed by atoms with Crippen LogP contribution in [0.1, 0.15) is 32.5 Å². The Morgan fingerprint density at radius 1 is 1.59 bits per heavy atom. The number of hydrogen-bond acceptors (Lipinski definition) is 4. The van der Waals surface area contributed by atoms with Crippen molar-refractivity contribution in [3.63, 3.8) is 0 Å². The summed E-state index contributed by atoms with van der Waals surface area (Å²) < 4.78 is 0. The zero-order chi connectivity index (χ0) is 12.7. The van der Waals surface area contributed by atoms with Crippen molar-refractivity contribution in [3.05, 3.63) is 12.2 Å². The number of aromatic amines is 1. The van der Waals surface area contributed by atoms with Crippen molar-refractivity contribution in [1.82, 2.24) is 20.5 Å². The highest BCUT2D eigenvalue weighted by Gasteiger charge is 2.13. The fourth-order valence-electron chi connectivity index (χ4n) is 1.56. The van der Waals surface area contributed by atoms with Crippen LogP contribution >= 0.6 is 0 Å². The second-order valence-electron chi connectivity index (χ2n) is 4.56. The van der Waals surface area contributed by atoms with Gasteiger partial charge in [-0.1, -0.05) is 13.8 Å². The number of aromatic nitrogens is 3. The van der Waals surface area contributed by atoms with E-state index in [-0.39, 0.29) is 5.91 Å². The molecule has 1 amide bonds. The fraction of sp³-hybridized carbons (Fsp3) is 0.727. The van der Waals surface area contributed by atoms with Crippen LogP contribution in [0.25, 0.3) is 0 Å². The molecule has 1 heterocycles. The molecule has 0 spiro atoms. The minimum atomic E-state index is -0.403. The molecule has 0 radical (unpaired) electrons. The molecule has 4 N–H and O–H groups in total. The van der Waals surface area contributed by atoms with Crippen molar-refractivity contribution >= 4 is 5.91 Å². The maximum Gasteiger partial charge on any atom is 0.236 e. The summed E-state index contributed by atoms with van der Waals surface area (Å²) in [5.74, 6) is 1.20. The molecule has 1 atom stereocenters. The van der Waals surface area contributed by atoms with Gasteiger partial charge >= 0.3 is 0 Å². The van der Waals surface area contributed by atoms with E-state index in [1.165, 1.54) is 6.33 Å². The molecular weight excluding hydrogens is 218 g/mol. The molecule has 1 rings (SSSR count). The highest BCUT2D eigenvalue weighted by molar-refractivity contribution is 5.81. The summed E-state index contributed by atoms with van der Waals surface area (Å²) in [7, 11) is 0. The Morgan fingerprint density at radius 2 is 2.35 bits per heavy atom. The molecule has 6 nitrogen and oxygen atoms in total. The molecule has 96 valence electrons. The van der Waals surface area contributed by atoms with E-state index in [4.69, 9.17) is 5.73 Å². The van der Waals surface area contributed by atoms with E-state index in [0.717, 1.165) is 18.7 Å². The summed E-state index contributed by atoms with van der Waals surface area (Å²) in [5.41, 5.74) is 5.75. The normalized spacial score (nSPS) is 12.7. The monoisotopic (exact) mass is 239 g/mol. The number of nitrogens with two attached hydrogens (primary N) is 1. The lowest BCUT2D eigenvalue weighted by atomic mass is 10.0. The molecule has 17 heavy (non-hydrogen) atoms. The number of amides is 1. The Hall–Kier alpha value is -1.43. The van der Waals surface area contributed by atoms with Crippen LogP contribution in [0.3, 0.4) is 0 Å². The zero-order valence-corrected chi connectivity index (χ0v) is 10.4. The first-order chi connectivity index (χ1) is 8.09. The molecule has 0 aromatic carbocycles. The first kappa shape index (κ1) is 13.6. The third kappa shape index (κ3) is 5.44. The van der Waals surface area contributed by atoms with E-state index in [2.05, 4.69) is 34.3 Å². The molecule has 0 aliphatic carbocycles. The lowest BCUT2D eigenvalue weighted by Crippen LogP contribution is -2.41. The molecule has 1 unspecified atom stereocenters. The smallest absolute Gasteiger partial charge is 0.236 e. The molecule has 1 aromatic rings. The van der Waals surface area contributed by atoms with Crippen molar-refractivity contribution in [2.24, 2.45) is 11.7 Å². The Labute approximate surface area is 101 Å². The Balaban J connectivity index is 2.11. The minimum absolute atomic E-state index is 0.0729. The average Bonchev–Trinajstić information content (AvgIpc) is 2.75. The van der Waals surface area contributed by atoms with E-state index in [1.54, 1.807) is 0 Å². The Bertz CT molecular complexity index is 323. The summed E-state index contributed by atoms with van der Waals surface area (Å²) in [4.78, 5) is 15.6. The van der Waals surface area contributed by atoms with Gasteiger partial charge in [-0.15, -0.1) is 0 Å². The molecule has 0 saturated heterocycles. The van der Waals surface area contributed by atoms with Crippen LogP contribution < -0.4 is 11.1 Å². The van der Waals surface area contributed by atoms with Crippen LogP contribution in [0, 0.1) is 5.92 Å². The predicted octanol–water partition coefficient (Wildman–Crippen LogP) is 0.227. The van der Waals surface area contributed by atoms with Crippen molar-refractivity contribution in [1.29, 1.82) is 0 Å². The van der Waals surface area contributed by atoms with Crippen LogP contribution in [0.4, 0.5) is 0 Å². The highest BCUT2D eigenvalue weighted by Crippen LogP contribution is 2.02. The topological polar surface area (TPSA) is 96.7 Å². The summed E-state index contributed by atoms with van der Waals surface area (Å²) in [6, 6.07) is -0.403. The first-order valence-electron chi connectivity index (χ1n) is 5.97. The molecular formula is C11H21N5O. The number of aryl methyl sites for hydroxylation is 1. The molecule has 6 heteroatoms. The second-order valence-corrected chi connectivity index (χ2v) is 4.56. The number of hydrogen-bond donors (Lipinski definition) is 3. The summed E-state index contributed by atoms with van der Waals surface area (Å²) in [6.07, 6.45) is 3.80. The number of nitrogens with zero attached hydrogens (tertiary/aromatic N) is 2. The van der Waals surface area contributed by atoms with Gasteiger partial charge in [-0.3, -0.25) is 9.89 Å². The number of H-pyrrole nitrogens is 1. The van der Waals surface area contributed by atoms with E-state index < -0.39 is 6.04 Å². The molecule has 1 aromatic heterocycles. The van der Waals surface area contributed by atoms with Gasteiger partial charge in [0, 0.05) is 13.0 Å². The maximum absolute atomic E-state index is 11.6. The number of rotatable bonds is 7. The van der Waals surface area contributed by atoms with Crippen molar-refractivity contribution in [2.75, 3.05) is 6.54 Å². The van der Waals surface area contributed by atoms with Gasteiger partial charge in [0.1, 0.15) is 12.2 Å². The number of carbonyl (C=O) groups excluding carboxylic acids is 1. The number of carbonyl (C=O) groups is 1. The van der Waals surface area contributed by atoms with Crippen molar-refractivity contribution < 1.29 is 4.79 Å². The summed E-state index contributed by atoms with van der Waals surface area (Å²) in [5, 5.41) is 9.35. The lowest BCUT2D eigenvalue weighted by molar-refractivity contribution is -0.122. The second kappa shape index (κ2) is 7.01. The summed E-state index contributed by atoms with van der Waals surface area (Å²) >= 11 is 0. The molecule has 0 aliphatic rings. The third-order valence-corrected chi connectivity index (χ3v) is 2.42. The van der Waals surface area contributed by atoms with Crippen LogP contribution in [-0.2, 0) is 11.2 Å². The largest absolute Gasteiger partial charge is 0.355 e. The highest BCUT2D eigenvalue weighted by atomic mass is 16.2. The van der Waals surface area contributed by atoms with E-state index in [0.29, 0.717) is 18.9 Å². The quantitative estimate of drug-likeness (QED) is 0.593. The average molecular weight is 239 g/mol. The third-order valence-electron chi connectivity index (χ3n) is 2.42. The van der Waals surface area contributed by atoms with Crippen molar-refractivity contribution in [2.45, 2.75) is 39.2 Å². The Morgan fingerprint density at radius 3 is 2.94 bits per heavy atom. The van der Waals surface area contributed by atoms with Gasteiger partial charge in [-0.05, 0) is 18.8 Å². The molecule has 0 aliphatic heterocycles. The predicted molar refractivity (Wildman–Crippen MR) is 65.1 cm³/mol. The van der Waals surface area contributed by atoms with Crippen LogP contribution in [0.5, 0.6) is 0 Å². The van der Waals surface area contributed by atoms with Gasteiger partial charge in [0.15, 0.2) is 0 Å². The van der Waals surface area contributed by atoms with Crippen LogP contribution in [-0.4, -0.2) is 33.7 Å². The Kier molecular flexibility index (Phi) is 5.62. The van der Waals surface area contributed by atoms with E-state index >= 15 is 0 Å². The van der Waals surface area contributed by atoms with Gasteiger partial charge < -0.3 is 11.1 Å². The number of nitrogens with one attached hydrogen (secondary N) is 2. The van der Waals surface area contributed by atoms with E-state index in [1.807, 2.05) is 0 Å². The minimum Gasteiger partial charge on any atom is -0.355 e. The summed E-state index contributed by atoms with van der Waals surface area (Å²) in [6.45, 7) is 4.72. The first-order valence-corrected chi connectivity index (χ1v) is 5.97. The zero-order valence-electron chi connectivity index (χ0n) is 10.4. The standard InChI is InChI=1S/C11H21N5O/c1-8(2)6-9(12)11(17)13-5-3-4-10-14-7-15-16-10/h7-9H,3-6,12H2,1-2H3,(H,13,17)(H,14,15,16).